The maximum atomic E-state index is 13.0. The number of rotatable bonds is 5. The van der Waals surface area contributed by atoms with Crippen LogP contribution in [0.25, 0.3) is 11.3 Å². The lowest BCUT2D eigenvalue weighted by Crippen LogP contribution is -2.13. The van der Waals surface area contributed by atoms with Crippen LogP contribution in [-0.2, 0) is 33.5 Å². The minimum atomic E-state index is -4.63. The van der Waals surface area contributed by atoms with Gasteiger partial charge < -0.3 is 10.5 Å². The zero-order valence-electron chi connectivity index (χ0n) is 12.8. The Bertz CT molecular complexity index is 821. The first-order valence-electron chi connectivity index (χ1n) is 6.85. The lowest BCUT2D eigenvalue weighted by Gasteiger charge is -2.11. The van der Waals surface area contributed by atoms with Crippen LogP contribution in [0.4, 0.5) is 13.2 Å². The van der Waals surface area contributed by atoms with Gasteiger partial charge in [0.2, 0.25) is 5.91 Å². The number of carbonyl (C=O) groups excluding carboxylic acids is 2. The van der Waals surface area contributed by atoms with Crippen LogP contribution in [0.1, 0.15) is 22.4 Å². The number of nitrogens with zero attached hydrogens (tertiary/aromatic N) is 1. The van der Waals surface area contributed by atoms with E-state index in [4.69, 9.17) is 22.1 Å². The molecule has 0 atom stereocenters. The van der Waals surface area contributed by atoms with Crippen LogP contribution < -0.4 is 5.73 Å². The number of ether oxygens (including phenoxy) is 1. The number of primary amides is 1. The molecule has 0 unspecified atom stereocenters. The molecule has 0 aliphatic heterocycles. The smallest absolute Gasteiger partial charge is 0.417 e. The third-order valence-electron chi connectivity index (χ3n) is 3.02. The predicted octanol–water partition coefficient (Wildman–Crippen LogP) is 3.57. The van der Waals surface area contributed by atoms with E-state index in [1.165, 1.54) is 13.0 Å². The number of amides is 1. The summed E-state index contributed by atoms with van der Waals surface area (Å²) in [5.41, 5.74) is 4.45. The van der Waals surface area contributed by atoms with Gasteiger partial charge in [0.1, 0.15) is 11.6 Å². The van der Waals surface area contributed by atoms with Gasteiger partial charge in [0.05, 0.1) is 27.6 Å². The first-order chi connectivity index (χ1) is 11.6. The van der Waals surface area contributed by atoms with Crippen LogP contribution in [0, 0.1) is 0 Å². The number of halogens is 4. The molecule has 2 N–H and O–H groups in total. The molecule has 0 aliphatic carbocycles. The Balaban J connectivity index is 2.50. The minimum absolute atomic E-state index is 0.144. The van der Waals surface area contributed by atoms with Crippen LogP contribution in [0.15, 0.2) is 18.2 Å². The van der Waals surface area contributed by atoms with E-state index in [2.05, 4.69) is 4.98 Å². The van der Waals surface area contributed by atoms with Gasteiger partial charge in [-0.25, -0.2) is 4.98 Å². The molecule has 1 aromatic heterocycles. The summed E-state index contributed by atoms with van der Waals surface area (Å²) in [6.45, 7) is 1.03. The van der Waals surface area contributed by atoms with Crippen molar-refractivity contribution in [2.24, 2.45) is 5.73 Å². The summed E-state index contributed by atoms with van der Waals surface area (Å²) in [4.78, 5) is 26.6. The van der Waals surface area contributed by atoms with Crippen molar-refractivity contribution in [3.05, 3.63) is 38.7 Å². The first kappa shape index (κ1) is 19.2. The maximum absolute atomic E-state index is 13.0. The van der Waals surface area contributed by atoms with E-state index in [9.17, 15) is 22.8 Å². The summed E-state index contributed by atoms with van der Waals surface area (Å²) in [6.07, 6.45) is -4.80. The fourth-order valence-corrected chi connectivity index (χ4v) is 3.24. The Morgan fingerprint density at radius 1 is 1.36 bits per heavy atom. The zero-order chi connectivity index (χ0) is 18.8. The summed E-state index contributed by atoms with van der Waals surface area (Å²) >= 11 is 6.66. The second kappa shape index (κ2) is 7.40. The number of hydrogen-bond acceptors (Lipinski definition) is 5. The van der Waals surface area contributed by atoms with E-state index in [0.717, 1.165) is 23.5 Å². The molecule has 25 heavy (non-hydrogen) atoms. The molecule has 1 amide bonds. The minimum Gasteiger partial charge on any atom is -0.460 e. The number of aromatic nitrogens is 1. The molecule has 0 aliphatic rings. The highest BCUT2D eigenvalue weighted by atomic mass is 35.5. The van der Waals surface area contributed by atoms with Crippen molar-refractivity contribution < 1.29 is 27.5 Å². The molecule has 1 aromatic carbocycles. The fourth-order valence-electron chi connectivity index (χ4n) is 2.01. The van der Waals surface area contributed by atoms with Gasteiger partial charge in [-0.3, -0.25) is 9.59 Å². The van der Waals surface area contributed by atoms with Crippen LogP contribution in [0.2, 0.25) is 5.02 Å². The van der Waals surface area contributed by atoms with E-state index < -0.39 is 28.6 Å². The molecular formula is C15H12ClF3N2O3S. The standard InChI is InChI=1S/C15H12ClF3N2O3S/c1-7(22)24-6-11-14(21-13(25-11)5-12(20)23)8-2-3-10(16)9(4-8)15(17,18)19/h2-4H,5-6H2,1H3,(H2,20,23). The average Bonchev–Trinajstić information content (AvgIpc) is 2.86. The fraction of sp³-hybridized carbons (Fsp3) is 0.267. The quantitative estimate of drug-likeness (QED) is 0.788. The number of esters is 1. The highest BCUT2D eigenvalue weighted by molar-refractivity contribution is 7.12. The highest BCUT2D eigenvalue weighted by Gasteiger charge is 2.33. The molecule has 134 valence electrons. The lowest BCUT2D eigenvalue weighted by molar-refractivity contribution is -0.142. The molecule has 0 fully saturated rings. The molecular weight excluding hydrogens is 381 g/mol. The predicted molar refractivity (Wildman–Crippen MR) is 85.9 cm³/mol. The van der Waals surface area contributed by atoms with Gasteiger partial charge in [-0.15, -0.1) is 11.3 Å². The number of thiazole rings is 1. The Hall–Kier alpha value is -2.13. The van der Waals surface area contributed by atoms with Gasteiger partial charge in [0.25, 0.3) is 0 Å². The van der Waals surface area contributed by atoms with Gasteiger partial charge in [-0.2, -0.15) is 13.2 Å². The monoisotopic (exact) mass is 392 g/mol. The van der Waals surface area contributed by atoms with Crippen molar-refractivity contribution in [2.45, 2.75) is 26.1 Å². The average molecular weight is 393 g/mol. The van der Waals surface area contributed by atoms with Crippen molar-refractivity contribution in [1.29, 1.82) is 0 Å². The van der Waals surface area contributed by atoms with Crippen molar-refractivity contribution >= 4 is 34.8 Å². The van der Waals surface area contributed by atoms with Crippen LogP contribution in [-0.4, -0.2) is 16.9 Å². The summed E-state index contributed by atoms with van der Waals surface area (Å²) in [5.74, 6) is -1.19. The topological polar surface area (TPSA) is 82.3 Å². The molecule has 1 heterocycles. The van der Waals surface area contributed by atoms with Gasteiger partial charge in [-0.1, -0.05) is 17.7 Å². The van der Waals surface area contributed by atoms with Crippen molar-refractivity contribution in [3.63, 3.8) is 0 Å². The molecule has 0 radical (unpaired) electrons. The first-order valence-corrected chi connectivity index (χ1v) is 8.04. The number of benzene rings is 1. The Morgan fingerprint density at radius 2 is 2.04 bits per heavy atom. The van der Waals surface area contributed by atoms with Crippen molar-refractivity contribution in [3.8, 4) is 11.3 Å². The van der Waals surface area contributed by atoms with Gasteiger partial charge in [0, 0.05) is 12.5 Å². The van der Waals surface area contributed by atoms with E-state index in [-0.39, 0.29) is 24.3 Å². The van der Waals surface area contributed by atoms with Crippen molar-refractivity contribution in [2.75, 3.05) is 0 Å². The van der Waals surface area contributed by atoms with Crippen LogP contribution in [0.3, 0.4) is 0 Å². The number of hydrogen-bond donors (Lipinski definition) is 1. The lowest BCUT2D eigenvalue weighted by atomic mass is 10.1. The van der Waals surface area contributed by atoms with Gasteiger partial charge >= 0.3 is 12.1 Å². The SMILES string of the molecule is CC(=O)OCc1sc(CC(N)=O)nc1-c1ccc(Cl)c(C(F)(F)F)c1. The van der Waals surface area contributed by atoms with E-state index >= 15 is 0 Å². The van der Waals surface area contributed by atoms with E-state index in [0.29, 0.717) is 9.88 Å². The Kier molecular flexibility index (Phi) is 5.69. The van der Waals surface area contributed by atoms with Crippen LogP contribution >= 0.6 is 22.9 Å². The summed E-state index contributed by atoms with van der Waals surface area (Å²) in [5, 5.41) is -0.126. The maximum Gasteiger partial charge on any atom is 0.417 e. The molecule has 2 aromatic rings. The van der Waals surface area contributed by atoms with Crippen LogP contribution in [0.5, 0.6) is 0 Å². The zero-order valence-corrected chi connectivity index (χ0v) is 14.4. The molecule has 0 spiro atoms. The molecule has 0 bridgehead atoms. The molecule has 5 nitrogen and oxygen atoms in total. The van der Waals surface area contributed by atoms with Gasteiger partial charge in [0.15, 0.2) is 0 Å². The molecule has 0 saturated heterocycles. The number of nitrogens with two attached hydrogens (primary N) is 1. The summed E-state index contributed by atoms with van der Waals surface area (Å²) in [7, 11) is 0. The molecule has 2 rings (SSSR count). The van der Waals surface area contributed by atoms with E-state index in [1.54, 1.807) is 0 Å². The molecule has 0 saturated carbocycles. The third-order valence-corrected chi connectivity index (χ3v) is 4.38. The normalized spacial score (nSPS) is 11.4. The van der Waals surface area contributed by atoms with Crippen molar-refractivity contribution in [1.82, 2.24) is 4.98 Å². The number of alkyl halides is 3. The Labute approximate surface area is 149 Å². The number of carbonyl (C=O) groups is 2. The molecule has 10 heteroatoms. The Morgan fingerprint density at radius 3 is 2.60 bits per heavy atom. The second-order valence-electron chi connectivity index (χ2n) is 5.00. The second-order valence-corrected chi connectivity index (χ2v) is 6.57. The highest BCUT2D eigenvalue weighted by Crippen LogP contribution is 2.38. The third kappa shape index (κ3) is 4.93. The largest absolute Gasteiger partial charge is 0.460 e. The summed E-state index contributed by atoms with van der Waals surface area (Å²) < 4.78 is 44.0. The van der Waals surface area contributed by atoms with E-state index in [1.807, 2.05) is 0 Å². The summed E-state index contributed by atoms with van der Waals surface area (Å²) in [6, 6.07) is 3.35. The van der Waals surface area contributed by atoms with Gasteiger partial charge in [-0.05, 0) is 12.1 Å².